The first-order chi connectivity index (χ1) is 18.1. The molecule has 4 N–H and O–H groups in total. The van der Waals surface area contributed by atoms with Crippen molar-refractivity contribution in [1.82, 2.24) is 10.3 Å². The van der Waals surface area contributed by atoms with Crippen LogP contribution >= 0.6 is 0 Å². The standard InChI is InChI=1S/C32H38N2O4/c1-18-8-7-9-23-15-19(2)21(4)29-26(16-22-17-33-25-11-6-5-10-24(22)25)34-31(38)32(23,29)28(36)13-12-27(35)30(37)20(3)14-18/h5-7,9-15,17-18,21,23,26-27,29-30,33,35,37H,8,16H2,1-4H3,(H,34,38)/b9-7+,13-12-,20-14+/t18-,21+,23-,26-,27-,29-,30+,32+/m0/s1. The number of fused-ring (bicyclic) bond motifs is 1. The Bertz CT molecular complexity index is 1360. The molecule has 2 aromatic rings. The minimum atomic E-state index is -1.33. The number of hydrogen-bond acceptors (Lipinski definition) is 4. The number of ketones is 1. The summed E-state index contributed by atoms with van der Waals surface area (Å²) in [6.07, 6.45) is 11.7. The molecule has 0 radical (unpaired) electrons. The van der Waals surface area contributed by atoms with Crippen LogP contribution in [0.1, 0.15) is 39.7 Å². The van der Waals surface area contributed by atoms with Crippen LogP contribution in [0.15, 0.2) is 78.1 Å². The quantitative estimate of drug-likeness (QED) is 0.352. The van der Waals surface area contributed by atoms with Crippen molar-refractivity contribution in [3.63, 3.8) is 0 Å². The largest absolute Gasteiger partial charge is 0.386 e. The fourth-order valence-electron chi connectivity index (χ4n) is 6.93. The number of aromatic amines is 1. The third-order valence-electron chi connectivity index (χ3n) is 9.03. The molecule has 6 heteroatoms. The summed E-state index contributed by atoms with van der Waals surface area (Å²) < 4.78 is 0. The number of amides is 1. The van der Waals surface area contributed by atoms with Crippen molar-refractivity contribution in [1.29, 1.82) is 0 Å². The van der Waals surface area contributed by atoms with Gasteiger partial charge in [0.2, 0.25) is 5.91 Å². The second kappa shape index (κ2) is 10.2. The normalized spacial score (nSPS) is 38.9. The van der Waals surface area contributed by atoms with Crippen molar-refractivity contribution in [3.05, 3.63) is 83.6 Å². The fourth-order valence-corrected chi connectivity index (χ4v) is 6.93. The number of benzene rings is 1. The Morgan fingerprint density at radius 2 is 1.79 bits per heavy atom. The summed E-state index contributed by atoms with van der Waals surface area (Å²) in [5.41, 5.74) is 2.65. The van der Waals surface area contributed by atoms with Crippen molar-refractivity contribution in [2.75, 3.05) is 0 Å². The smallest absolute Gasteiger partial charge is 0.235 e. The average molecular weight is 515 g/mol. The van der Waals surface area contributed by atoms with E-state index in [2.05, 4.69) is 49.3 Å². The molecule has 1 saturated heterocycles. The molecule has 0 unspecified atom stereocenters. The molecule has 0 saturated carbocycles. The van der Waals surface area contributed by atoms with Crippen LogP contribution in [0.25, 0.3) is 10.9 Å². The molecular weight excluding hydrogens is 476 g/mol. The number of carbonyl (C=O) groups is 2. The van der Waals surface area contributed by atoms with E-state index in [0.717, 1.165) is 16.5 Å². The van der Waals surface area contributed by atoms with E-state index < -0.39 is 23.5 Å². The highest BCUT2D eigenvalue weighted by Gasteiger charge is 2.64. The first kappa shape index (κ1) is 26.4. The lowest BCUT2D eigenvalue weighted by Gasteiger charge is -2.44. The van der Waals surface area contributed by atoms with E-state index in [1.807, 2.05) is 36.5 Å². The molecule has 1 fully saturated rings. The summed E-state index contributed by atoms with van der Waals surface area (Å²) in [6.45, 7) is 8.03. The molecule has 1 spiro atoms. The van der Waals surface area contributed by atoms with Crippen molar-refractivity contribution in [3.8, 4) is 0 Å². The maximum absolute atomic E-state index is 14.2. The molecule has 6 nitrogen and oxygen atoms in total. The van der Waals surface area contributed by atoms with Crippen LogP contribution in [-0.4, -0.2) is 45.1 Å². The summed E-state index contributed by atoms with van der Waals surface area (Å²) in [5, 5.41) is 25.6. The summed E-state index contributed by atoms with van der Waals surface area (Å²) in [5.74, 6) is -1.15. The molecule has 3 aliphatic rings. The number of rotatable bonds is 2. The minimum Gasteiger partial charge on any atom is -0.386 e. The molecule has 38 heavy (non-hydrogen) atoms. The number of allylic oxidation sites excluding steroid dienone is 6. The van der Waals surface area contributed by atoms with Gasteiger partial charge < -0.3 is 20.5 Å². The number of hydrogen-bond donors (Lipinski definition) is 4. The molecule has 2 heterocycles. The number of para-hydroxylation sites is 1. The summed E-state index contributed by atoms with van der Waals surface area (Å²) >= 11 is 0. The molecule has 1 aliphatic heterocycles. The number of carbonyl (C=O) groups excluding carboxylic acids is 2. The minimum absolute atomic E-state index is 0.000174. The van der Waals surface area contributed by atoms with E-state index in [1.54, 1.807) is 6.92 Å². The molecule has 0 bridgehead atoms. The second-order valence-electron chi connectivity index (χ2n) is 11.5. The summed E-state index contributed by atoms with van der Waals surface area (Å²) in [4.78, 5) is 31.5. The molecule has 1 amide bonds. The first-order valence-corrected chi connectivity index (χ1v) is 13.6. The summed E-state index contributed by atoms with van der Waals surface area (Å²) in [7, 11) is 0. The maximum atomic E-state index is 14.2. The van der Waals surface area contributed by atoms with Crippen molar-refractivity contribution >= 4 is 22.6 Å². The Morgan fingerprint density at radius 1 is 1.03 bits per heavy atom. The number of aliphatic hydroxyl groups excluding tert-OH is 2. The Morgan fingerprint density at radius 3 is 2.58 bits per heavy atom. The zero-order valence-corrected chi connectivity index (χ0v) is 22.5. The highest BCUT2D eigenvalue weighted by molar-refractivity contribution is 6.13. The van der Waals surface area contributed by atoms with E-state index in [9.17, 15) is 19.8 Å². The Hall–Kier alpha value is -3.22. The van der Waals surface area contributed by atoms with Gasteiger partial charge in [0.1, 0.15) is 17.6 Å². The van der Waals surface area contributed by atoms with Gasteiger partial charge >= 0.3 is 0 Å². The topological polar surface area (TPSA) is 102 Å². The van der Waals surface area contributed by atoms with E-state index in [0.29, 0.717) is 18.4 Å². The van der Waals surface area contributed by atoms with E-state index in [-0.39, 0.29) is 35.5 Å². The van der Waals surface area contributed by atoms with Crippen LogP contribution in [0.2, 0.25) is 0 Å². The predicted octanol–water partition coefficient (Wildman–Crippen LogP) is 4.41. The van der Waals surface area contributed by atoms with Crippen LogP contribution in [0.4, 0.5) is 0 Å². The van der Waals surface area contributed by atoms with Gasteiger partial charge in [0.05, 0.1) is 0 Å². The van der Waals surface area contributed by atoms with Crippen LogP contribution in [0, 0.1) is 29.1 Å². The molecule has 5 rings (SSSR count). The number of aromatic nitrogens is 1. The molecule has 8 atom stereocenters. The second-order valence-corrected chi connectivity index (χ2v) is 11.5. The van der Waals surface area contributed by atoms with Gasteiger partial charge in [-0.1, -0.05) is 61.9 Å². The molecule has 2 aliphatic carbocycles. The third-order valence-corrected chi connectivity index (χ3v) is 9.03. The molecular formula is C32H38N2O4. The Kier molecular flexibility index (Phi) is 7.05. The van der Waals surface area contributed by atoms with Gasteiger partial charge in [-0.05, 0) is 67.9 Å². The van der Waals surface area contributed by atoms with Crippen molar-refractivity contribution in [2.45, 2.75) is 58.8 Å². The van der Waals surface area contributed by atoms with Crippen LogP contribution in [0.3, 0.4) is 0 Å². The lowest BCUT2D eigenvalue weighted by Crippen LogP contribution is -2.52. The zero-order valence-electron chi connectivity index (χ0n) is 22.5. The molecule has 1 aromatic heterocycles. The van der Waals surface area contributed by atoms with Gasteiger partial charge in [0.25, 0.3) is 0 Å². The van der Waals surface area contributed by atoms with Gasteiger partial charge in [0.15, 0.2) is 5.78 Å². The number of aliphatic hydroxyl groups is 2. The highest BCUT2D eigenvalue weighted by Crippen LogP contribution is 2.54. The Balaban J connectivity index is 1.61. The SMILES string of the molecule is CC1=C[C@@H]2/C=C/C[C@H](C)/C=C(\C)[C@@H](O)[C@@H](O)/C=C\C(=O)[C@]23C(=O)N[C@@H](Cc2c[nH]c4ccccc24)[C@@H]3[C@@H]1C. The average Bonchev–Trinajstić information content (AvgIpc) is 3.43. The Labute approximate surface area is 224 Å². The highest BCUT2D eigenvalue weighted by atomic mass is 16.3. The van der Waals surface area contributed by atoms with Gasteiger partial charge in [-0.25, -0.2) is 0 Å². The van der Waals surface area contributed by atoms with E-state index in [4.69, 9.17) is 0 Å². The van der Waals surface area contributed by atoms with Crippen LogP contribution < -0.4 is 5.32 Å². The predicted molar refractivity (Wildman–Crippen MR) is 149 cm³/mol. The molecule has 200 valence electrons. The molecule has 1 aromatic carbocycles. The maximum Gasteiger partial charge on any atom is 0.235 e. The van der Waals surface area contributed by atoms with E-state index in [1.165, 1.54) is 17.7 Å². The van der Waals surface area contributed by atoms with Crippen LogP contribution in [0.5, 0.6) is 0 Å². The van der Waals surface area contributed by atoms with Gasteiger partial charge in [0, 0.05) is 35.0 Å². The third kappa shape index (κ3) is 4.30. The fraction of sp³-hybridized carbons (Fsp3) is 0.438. The van der Waals surface area contributed by atoms with Gasteiger partial charge in [-0.3, -0.25) is 9.59 Å². The van der Waals surface area contributed by atoms with Crippen molar-refractivity contribution < 1.29 is 19.8 Å². The number of H-pyrrole nitrogens is 1. The van der Waals surface area contributed by atoms with Gasteiger partial charge in [-0.15, -0.1) is 0 Å². The lowest BCUT2D eigenvalue weighted by atomic mass is 9.55. The van der Waals surface area contributed by atoms with Crippen molar-refractivity contribution in [2.24, 2.45) is 29.1 Å². The zero-order chi connectivity index (χ0) is 27.2. The van der Waals surface area contributed by atoms with Crippen LogP contribution in [-0.2, 0) is 16.0 Å². The van der Waals surface area contributed by atoms with E-state index >= 15 is 0 Å². The lowest BCUT2D eigenvalue weighted by molar-refractivity contribution is -0.142. The first-order valence-electron chi connectivity index (χ1n) is 13.6. The monoisotopic (exact) mass is 514 g/mol. The number of nitrogens with one attached hydrogen (secondary N) is 2. The summed E-state index contributed by atoms with van der Waals surface area (Å²) in [6, 6.07) is 7.87. The van der Waals surface area contributed by atoms with Gasteiger partial charge in [-0.2, -0.15) is 0 Å².